The fraction of sp³-hybridized carbons (Fsp3) is 0.280. The lowest BCUT2D eigenvalue weighted by atomic mass is 10.1. The second-order valence-corrected chi connectivity index (χ2v) is 11.6. The first-order chi connectivity index (χ1) is 17.6. The average molecular weight is 543 g/mol. The smallest absolute Gasteiger partial charge is 0.283 e. The van der Waals surface area contributed by atoms with Crippen LogP contribution in [0, 0.1) is 19.3 Å². The largest absolute Gasteiger partial charge is 0.493 e. The molecule has 4 rings (SSSR count). The van der Waals surface area contributed by atoms with Crippen molar-refractivity contribution in [1.82, 2.24) is 5.01 Å². The van der Waals surface area contributed by atoms with Crippen LogP contribution < -0.4 is 14.2 Å². The molecule has 2 aromatic carbocycles. The number of amides is 1. The molecule has 2 aliphatic heterocycles. The number of sulfone groups is 1. The SMILES string of the molecule is CCS(=O)(=O)C1=NN2C(=N)/C(=C/c3ccc(OCCOc4ccc(C)cc4C)c(OC)c3)C(=O)N=C2S1. The molecule has 0 spiro atoms. The van der Waals surface area contributed by atoms with Crippen molar-refractivity contribution in [2.45, 2.75) is 20.8 Å². The third-order valence-electron chi connectivity index (χ3n) is 5.51. The van der Waals surface area contributed by atoms with E-state index in [0.717, 1.165) is 28.1 Å². The lowest BCUT2D eigenvalue weighted by molar-refractivity contribution is -0.114. The van der Waals surface area contributed by atoms with Crippen LogP contribution in [-0.2, 0) is 14.6 Å². The van der Waals surface area contributed by atoms with Crippen LogP contribution in [0.25, 0.3) is 6.08 Å². The molecule has 0 saturated carbocycles. The van der Waals surface area contributed by atoms with E-state index in [0.29, 0.717) is 30.3 Å². The maximum atomic E-state index is 12.6. The maximum absolute atomic E-state index is 12.6. The summed E-state index contributed by atoms with van der Waals surface area (Å²) < 4.78 is 41.2. The van der Waals surface area contributed by atoms with Gasteiger partial charge >= 0.3 is 0 Å². The molecule has 1 N–H and O–H groups in total. The van der Waals surface area contributed by atoms with Crippen molar-refractivity contribution in [3.05, 3.63) is 58.7 Å². The fourth-order valence-electron chi connectivity index (χ4n) is 3.55. The van der Waals surface area contributed by atoms with Gasteiger partial charge in [-0.2, -0.15) is 10.0 Å². The van der Waals surface area contributed by atoms with Gasteiger partial charge in [0.1, 0.15) is 19.0 Å². The van der Waals surface area contributed by atoms with E-state index in [2.05, 4.69) is 16.2 Å². The van der Waals surface area contributed by atoms with Crippen molar-refractivity contribution in [2.75, 3.05) is 26.1 Å². The second kappa shape index (κ2) is 10.8. The molecule has 0 saturated heterocycles. The highest BCUT2D eigenvalue weighted by Crippen LogP contribution is 2.32. The highest BCUT2D eigenvalue weighted by Gasteiger charge is 2.39. The fourth-order valence-corrected chi connectivity index (χ4v) is 5.71. The number of nitrogens with one attached hydrogen (secondary N) is 1. The molecular weight excluding hydrogens is 516 g/mol. The van der Waals surface area contributed by atoms with E-state index in [1.807, 2.05) is 26.0 Å². The molecule has 12 heteroatoms. The minimum Gasteiger partial charge on any atom is -0.493 e. The summed E-state index contributed by atoms with van der Waals surface area (Å²) in [6.07, 6.45) is 1.48. The van der Waals surface area contributed by atoms with E-state index in [1.165, 1.54) is 25.7 Å². The van der Waals surface area contributed by atoms with Crippen LogP contribution in [0.2, 0.25) is 0 Å². The first-order valence-electron chi connectivity index (χ1n) is 11.4. The summed E-state index contributed by atoms with van der Waals surface area (Å²) in [5.74, 6) is 0.674. The van der Waals surface area contributed by atoms with Crippen LogP contribution in [0.1, 0.15) is 23.6 Å². The number of aliphatic imine (C=N–C) groups is 1. The summed E-state index contributed by atoms with van der Waals surface area (Å²) in [5, 5.41) is 13.5. The quantitative estimate of drug-likeness (QED) is 0.394. The molecule has 0 fully saturated rings. The molecule has 0 atom stereocenters. The predicted molar refractivity (Wildman–Crippen MR) is 144 cm³/mol. The number of hydrogen-bond acceptors (Lipinski definition) is 9. The number of carbonyl (C=O) groups excluding carboxylic acids is 1. The summed E-state index contributed by atoms with van der Waals surface area (Å²) in [6.45, 7) is 6.15. The third kappa shape index (κ3) is 5.70. The van der Waals surface area contributed by atoms with E-state index < -0.39 is 15.7 Å². The number of nitrogens with zero attached hydrogens (tertiary/aromatic N) is 3. The van der Waals surface area contributed by atoms with Gasteiger partial charge in [-0.05, 0) is 61.0 Å². The highest BCUT2D eigenvalue weighted by molar-refractivity contribution is 8.42. The zero-order valence-corrected chi connectivity index (χ0v) is 22.4. The van der Waals surface area contributed by atoms with Crippen LogP contribution in [0.4, 0.5) is 0 Å². The number of carbonyl (C=O) groups is 1. The average Bonchev–Trinajstić information content (AvgIpc) is 3.31. The van der Waals surface area contributed by atoms with Crippen molar-refractivity contribution >= 4 is 49.0 Å². The van der Waals surface area contributed by atoms with Crippen LogP contribution in [0.5, 0.6) is 17.2 Å². The molecule has 37 heavy (non-hydrogen) atoms. The first-order valence-corrected chi connectivity index (χ1v) is 13.8. The van der Waals surface area contributed by atoms with Crippen molar-refractivity contribution < 1.29 is 27.4 Å². The number of rotatable bonds is 8. The standard InChI is InChI=1S/C25H26N4O6S2/c1-5-37(31,32)25-28-29-22(26)18(23(30)27-24(29)36-25)13-17-7-9-20(21(14-17)33-4)35-11-10-34-19-8-6-15(2)12-16(19)3/h6-9,12-14,26H,5,10-11H2,1-4H3/b18-13-,26-22?. The molecule has 194 valence electrons. The van der Waals surface area contributed by atoms with Gasteiger partial charge in [0, 0.05) is 0 Å². The van der Waals surface area contributed by atoms with Gasteiger partial charge in [-0.15, -0.1) is 5.10 Å². The Morgan fingerprint density at radius 1 is 1.05 bits per heavy atom. The summed E-state index contributed by atoms with van der Waals surface area (Å²) in [5.41, 5.74) is 2.76. The zero-order valence-electron chi connectivity index (χ0n) is 20.8. The van der Waals surface area contributed by atoms with Crippen LogP contribution in [0.3, 0.4) is 0 Å². The Kier molecular flexibility index (Phi) is 7.69. The van der Waals surface area contributed by atoms with Crippen LogP contribution in [0.15, 0.2) is 52.1 Å². The normalized spacial score (nSPS) is 16.4. The second-order valence-electron chi connectivity index (χ2n) is 8.17. The van der Waals surface area contributed by atoms with Gasteiger partial charge in [0.05, 0.1) is 18.4 Å². The molecule has 0 aromatic heterocycles. The van der Waals surface area contributed by atoms with Crippen LogP contribution >= 0.6 is 11.8 Å². The molecule has 0 radical (unpaired) electrons. The van der Waals surface area contributed by atoms with Crippen molar-refractivity contribution in [1.29, 1.82) is 5.41 Å². The Bertz CT molecular complexity index is 1460. The van der Waals surface area contributed by atoms with Gasteiger partial charge in [0.2, 0.25) is 19.4 Å². The van der Waals surface area contributed by atoms with E-state index in [-0.39, 0.29) is 26.7 Å². The zero-order chi connectivity index (χ0) is 26.7. The molecular formula is C25H26N4O6S2. The number of hydrazone groups is 1. The predicted octanol–water partition coefficient (Wildman–Crippen LogP) is 3.78. The topological polar surface area (TPSA) is 131 Å². The van der Waals surface area contributed by atoms with Crippen molar-refractivity contribution in [2.24, 2.45) is 10.1 Å². The lowest BCUT2D eigenvalue weighted by Crippen LogP contribution is -2.35. The maximum Gasteiger partial charge on any atom is 0.283 e. The Morgan fingerprint density at radius 3 is 2.43 bits per heavy atom. The Labute approximate surface area is 219 Å². The Morgan fingerprint density at radius 2 is 1.76 bits per heavy atom. The summed E-state index contributed by atoms with van der Waals surface area (Å²) in [4.78, 5) is 16.6. The van der Waals surface area contributed by atoms with Gasteiger partial charge in [-0.1, -0.05) is 30.7 Å². The number of fused-ring (bicyclic) bond motifs is 1. The van der Waals surface area contributed by atoms with Gasteiger partial charge in [-0.25, -0.2) is 8.42 Å². The van der Waals surface area contributed by atoms with E-state index in [4.69, 9.17) is 19.6 Å². The number of thioether (sulfide) groups is 1. The van der Waals surface area contributed by atoms with E-state index in [1.54, 1.807) is 18.2 Å². The van der Waals surface area contributed by atoms with Gasteiger partial charge in [0.25, 0.3) is 5.91 Å². The number of ether oxygens (including phenoxy) is 3. The molecule has 2 aliphatic rings. The molecule has 2 aromatic rings. The monoisotopic (exact) mass is 542 g/mol. The van der Waals surface area contributed by atoms with E-state index >= 15 is 0 Å². The third-order valence-corrected chi connectivity index (χ3v) is 8.60. The van der Waals surface area contributed by atoms with Gasteiger partial charge < -0.3 is 14.2 Å². The molecule has 0 aliphatic carbocycles. The minimum absolute atomic E-state index is 0.0270. The summed E-state index contributed by atoms with van der Waals surface area (Å²) in [7, 11) is -2.09. The number of methoxy groups -OCH3 is 1. The Hall–Kier alpha value is -3.64. The molecule has 10 nitrogen and oxygen atoms in total. The Balaban J connectivity index is 1.46. The molecule has 0 bridgehead atoms. The number of benzene rings is 2. The highest BCUT2D eigenvalue weighted by atomic mass is 32.3. The number of aryl methyl sites for hydroxylation is 2. The van der Waals surface area contributed by atoms with Gasteiger partial charge in [-0.3, -0.25) is 10.2 Å². The lowest BCUT2D eigenvalue weighted by Gasteiger charge is -2.20. The van der Waals surface area contributed by atoms with Crippen LogP contribution in [-0.4, -0.2) is 60.8 Å². The van der Waals surface area contributed by atoms with Crippen molar-refractivity contribution in [3.63, 3.8) is 0 Å². The van der Waals surface area contributed by atoms with Gasteiger partial charge in [0.15, 0.2) is 17.3 Å². The molecule has 0 unspecified atom stereocenters. The number of hydrogen-bond donors (Lipinski definition) is 1. The number of amidine groups is 2. The molecule has 2 heterocycles. The summed E-state index contributed by atoms with van der Waals surface area (Å²) >= 11 is 0.761. The van der Waals surface area contributed by atoms with Crippen molar-refractivity contribution in [3.8, 4) is 17.2 Å². The summed E-state index contributed by atoms with van der Waals surface area (Å²) in [6, 6.07) is 11.1. The first kappa shape index (κ1) is 26.4. The minimum atomic E-state index is -3.59. The van der Waals surface area contributed by atoms with E-state index in [9.17, 15) is 13.2 Å². The molecule has 1 amide bonds.